The van der Waals surface area contributed by atoms with Crippen molar-refractivity contribution in [2.45, 2.75) is 12.5 Å². The Balaban J connectivity index is 3.37. The maximum Gasteiger partial charge on any atom is 0.0831 e. The van der Waals surface area contributed by atoms with Crippen molar-refractivity contribution < 1.29 is 5.11 Å². The van der Waals surface area contributed by atoms with Crippen LogP contribution in [0.1, 0.15) is 6.92 Å². The molecule has 3 heteroatoms. The number of aliphatic hydroxyl groups is 1. The smallest absolute Gasteiger partial charge is 0.0831 e. The van der Waals surface area contributed by atoms with Crippen molar-refractivity contribution in [3.05, 3.63) is 0 Å². The molecular formula is C5H13NOS. The molecule has 0 radical (unpaired) electrons. The van der Waals surface area contributed by atoms with Crippen LogP contribution in [0.15, 0.2) is 0 Å². The van der Waals surface area contributed by atoms with Crippen molar-refractivity contribution in [1.82, 2.24) is 0 Å². The second kappa shape index (κ2) is 3.33. The standard InChI is InChI=1S/C5H13NOS/c1-5(7,3-6)4-8-2/h7H,3-4,6H2,1-2H3/t5-/m1/s1. The molecule has 0 aliphatic rings. The molecule has 0 aliphatic heterocycles. The summed E-state index contributed by atoms with van der Waals surface area (Å²) >= 11 is 1.60. The molecule has 3 N–H and O–H groups in total. The third-order valence-electron chi connectivity index (χ3n) is 0.895. The van der Waals surface area contributed by atoms with Gasteiger partial charge in [0.15, 0.2) is 0 Å². The molecule has 0 bridgehead atoms. The van der Waals surface area contributed by atoms with E-state index in [1.165, 1.54) is 0 Å². The van der Waals surface area contributed by atoms with Gasteiger partial charge in [0.25, 0.3) is 0 Å². The maximum atomic E-state index is 9.18. The molecule has 0 aromatic carbocycles. The minimum atomic E-state index is -0.667. The number of thioether (sulfide) groups is 1. The van der Waals surface area contributed by atoms with Crippen molar-refractivity contribution in [3.8, 4) is 0 Å². The van der Waals surface area contributed by atoms with Crippen LogP contribution in [0.25, 0.3) is 0 Å². The van der Waals surface area contributed by atoms with Crippen LogP contribution < -0.4 is 5.73 Å². The lowest BCUT2D eigenvalue weighted by molar-refractivity contribution is 0.0950. The summed E-state index contributed by atoms with van der Waals surface area (Å²) in [6, 6.07) is 0. The Morgan fingerprint density at radius 1 is 1.75 bits per heavy atom. The van der Waals surface area contributed by atoms with E-state index in [2.05, 4.69) is 0 Å². The summed E-state index contributed by atoms with van der Waals surface area (Å²) in [5, 5.41) is 9.18. The van der Waals surface area contributed by atoms with E-state index in [4.69, 9.17) is 5.73 Å². The van der Waals surface area contributed by atoms with Gasteiger partial charge in [0, 0.05) is 12.3 Å². The molecule has 0 unspecified atom stereocenters. The van der Waals surface area contributed by atoms with Gasteiger partial charge in [0.05, 0.1) is 5.60 Å². The quantitative estimate of drug-likeness (QED) is 0.575. The normalized spacial score (nSPS) is 18.0. The first-order valence-corrected chi connectivity index (χ1v) is 3.93. The lowest BCUT2D eigenvalue weighted by Crippen LogP contribution is -2.36. The Morgan fingerprint density at radius 3 is 2.38 bits per heavy atom. The molecule has 50 valence electrons. The first kappa shape index (κ1) is 8.27. The fourth-order valence-electron chi connectivity index (χ4n) is 0.370. The van der Waals surface area contributed by atoms with E-state index in [-0.39, 0.29) is 0 Å². The van der Waals surface area contributed by atoms with Crippen LogP contribution in [0.3, 0.4) is 0 Å². The molecule has 0 fully saturated rings. The van der Waals surface area contributed by atoms with Gasteiger partial charge < -0.3 is 10.8 Å². The van der Waals surface area contributed by atoms with Crippen molar-refractivity contribution in [3.63, 3.8) is 0 Å². The summed E-state index contributed by atoms with van der Waals surface area (Å²) in [4.78, 5) is 0. The molecule has 0 aromatic rings. The van der Waals surface area contributed by atoms with Gasteiger partial charge >= 0.3 is 0 Å². The van der Waals surface area contributed by atoms with Crippen LogP contribution in [0.2, 0.25) is 0 Å². The van der Waals surface area contributed by atoms with E-state index in [1.807, 2.05) is 6.26 Å². The Bertz CT molecular complexity index is 65.4. The van der Waals surface area contributed by atoms with Crippen LogP contribution in [-0.2, 0) is 0 Å². The number of rotatable bonds is 3. The minimum Gasteiger partial charge on any atom is -0.388 e. The van der Waals surface area contributed by atoms with Crippen molar-refractivity contribution in [1.29, 1.82) is 0 Å². The summed E-state index contributed by atoms with van der Waals surface area (Å²) in [6.45, 7) is 2.08. The fraction of sp³-hybridized carbons (Fsp3) is 1.00. The van der Waals surface area contributed by atoms with Gasteiger partial charge in [-0.15, -0.1) is 0 Å². The van der Waals surface area contributed by atoms with E-state index in [9.17, 15) is 5.11 Å². The molecule has 0 amide bonds. The van der Waals surface area contributed by atoms with Gasteiger partial charge in [-0.2, -0.15) is 11.8 Å². The zero-order chi connectivity index (χ0) is 6.62. The van der Waals surface area contributed by atoms with Gasteiger partial charge in [-0.1, -0.05) is 0 Å². The Morgan fingerprint density at radius 2 is 2.25 bits per heavy atom. The fourth-order valence-corrected chi connectivity index (χ4v) is 1.11. The van der Waals surface area contributed by atoms with E-state index in [0.717, 1.165) is 0 Å². The summed E-state index contributed by atoms with van der Waals surface area (Å²) < 4.78 is 0. The highest BCUT2D eigenvalue weighted by Gasteiger charge is 2.15. The third kappa shape index (κ3) is 3.29. The first-order valence-electron chi connectivity index (χ1n) is 2.54. The lowest BCUT2D eigenvalue weighted by atomic mass is 10.1. The topological polar surface area (TPSA) is 46.2 Å². The van der Waals surface area contributed by atoms with Gasteiger partial charge in [-0.3, -0.25) is 0 Å². The van der Waals surface area contributed by atoms with Crippen LogP contribution >= 0.6 is 11.8 Å². The molecule has 0 saturated heterocycles. The Kier molecular flexibility index (Phi) is 3.44. The van der Waals surface area contributed by atoms with Crippen molar-refractivity contribution in [2.24, 2.45) is 5.73 Å². The van der Waals surface area contributed by atoms with Gasteiger partial charge in [-0.25, -0.2) is 0 Å². The molecule has 2 nitrogen and oxygen atoms in total. The monoisotopic (exact) mass is 135 g/mol. The zero-order valence-corrected chi connectivity index (χ0v) is 6.16. The summed E-state index contributed by atoms with van der Waals surface area (Å²) in [6.07, 6.45) is 1.95. The predicted molar refractivity (Wildman–Crippen MR) is 38.1 cm³/mol. The van der Waals surface area contributed by atoms with Crippen LogP contribution in [0.5, 0.6) is 0 Å². The largest absolute Gasteiger partial charge is 0.388 e. The zero-order valence-electron chi connectivity index (χ0n) is 5.35. The van der Waals surface area contributed by atoms with E-state index in [1.54, 1.807) is 18.7 Å². The number of hydrogen-bond donors (Lipinski definition) is 2. The van der Waals surface area contributed by atoms with Gasteiger partial charge in [0.1, 0.15) is 0 Å². The lowest BCUT2D eigenvalue weighted by Gasteiger charge is -2.18. The van der Waals surface area contributed by atoms with Crippen LogP contribution in [-0.4, -0.2) is 29.3 Å². The van der Waals surface area contributed by atoms with Crippen molar-refractivity contribution in [2.75, 3.05) is 18.6 Å². The third-order valence-corrected chi connectivity index (χ3v) is 1.81. The molecular weight excluding hydrogens is 122 g/mol. The molecule has 1 atom stereocenters. The summed E-state index contributed by atoms with van der Waals surface area (Å²) in [7, 11) is 0. The minimum absolute atomic E-state index is 0.341. The number of nitrogens with two attached hydrogens (primary N) is 1. The Labute approximate surface area is 54.5 Å². The summed E-state index contributed by atoms with van der Waals surface area (Å²) in [5.41, 5.74) is 4.56. The highest BCUT2D eigenvalue weighted by molar-refractivity contribution is 7.98. The average molecular weight is 135 g/mol. The van der Waals surface area contributed by atoms with Crippen LogP contribution in [0.4, 0.5) is 0 Å². The summed E-state index contributed by atoms with van der Waals surface area (Å²) in [5.74, 6) is 0.712. The highest BCUT2D eigenvalue weighted by atomic mass is 32.2. The van der Waals surface area contributed by atoms with Crippen molar-refractivity contribution >= 4 is 11.8 Å². The highest BCUT2D eigenvalue weighted by Crippen LogP contribution is 2.07. The predicted octanol–water partition coefficient (Wildman–Crippen LogP) is 0.0591. The average Bonchev–Trinajstić information content (AvgIpc) is 1.67. The maximum absolute atomic E-state index is 9.18. The number of hydrogen-bond acceptors (Lipinski definition) is 3. The van der Waals surface area contributed by atoms with E-state index >= 15 is 0 Å². The molecule has 0 rings (SSSR count). The van der Waals surface area contributed by atoms with Crippen LogP contribution in [0, 0.1) is 0 Å². The molecule has 0 spiro atoms. The molecule has 0 heterocycles. The first-order chi connectivity index (χ1) is 3.62. The molecule has 8 heavy (non-hydrogen) atoms. The molecule has 0 saturated carbocycles. The SMILES string of the molecule is CSC[C@](C)(O)CN. The Hall–Kier alpha value is 0.270. The van der Waals surface area contributed by atoms with E-state index in [0.29, 0.717) is 12.3 Å². The van der Waals surface area contributed by atoms with Gasteiger partial charge in [-0.05, 0) is 13.2 Å². The second-order valence-electron chi connectivity index (χ2n) is 2.13. The molecule has 0 aromatic heterocycles. The molecule has 0 aliphatic carbocycles. The van der Waals surface area contributed by atoms with Gasteiger partial charge in [0.2, 0.25) is 0 Å². The van der Waals surface area contributed by atoms with E-state index < -0.39 is 5.60 Å². The second-order valence-corrected chi connectivity index (χ2v) is 3.00.